The maximum atomic E-state index is 12.6. The van der Waals surface area contributed by atoms with Gasteiger partial charge in [0.2, 0.25) is 0 Å². The van der Waals surface area contributed by atoms with Crippen molar-refractivity contribution >= 4 is 24.5 Å². The van der Waals surface area contributed by atoms with Crippen LogP contribution >= 0.6 is 0 Å². The minimum absolute atomic E-state index is 0.0191. The number of hydrogen-bond acceptors (Lipinski definition) is 6. The average molecular weight is 450 g/mol. The summed E-state index contributed by atoms with van der Waals surface area (Å²) in [4.78, 5) is 36.2. The number of rotatable bonds is 4. The molecule has 1 aromatic rings. The van der Waals surface area contributed by atoms with Crippen molar-refractivity contribution in [1.29, 1.82) is 0 Å². The summed E-state index contributed by atoms with van der Waals surface area (Å²) in [5, 5.41) is 16.8. The molecule has 1 aromatic heterocycles. The van der Waals surface area contributed by atoms with Crippen LogP contribution in [0.5, 0.6) is 0 Å². The summed E-state index contributed by atoms with van der Waals surface area (Å²) in [5.41, 5.74) is 1.63. The number of piperidine rings is 1. The molecule has 0 spiro atoms. The molecule has 3 aliphatic rings. The van der Waals surface area contributed by atoms with E-state index in [9.17, 15) is 4.79 Å². The topological polar surface area (TPSA) is 129 Å². The maximum Gasteiger partial charge on any atom is 0.290 e. The Balaban J connectivity index is 0.000000547. The van der Waals surface area contributed by atoms with Gasteiger partial charge in [-0.1, -0.05) is 19.3 Å². The third kappa shape index (κ3) is 7.87. The monoisotopic (exact) mass is 449 g/mol. The highest BCUT2D eigenvalue weighted by molar-refractivity contribution is 5.94. The lowest BCUT2D eigenvalue weighted by Gasteiger charge is -2.37. The third-order valence-corrected chi connectivity index (χ3v) is 6.43. The molecule has 1 amide bonds. The summed E-state index contributed by atoms with van der Waals surface area (Å²) in [7, 11) is 0. The highest BCUT2D eigenvalue weighted by Gasteiger charge is 2.42. The van der Waals surface area contributed by atoms with E-state index in [2.05, 4.69) is 15.2 Å². The second-order valence-corrected chi connectivity index (χ2v) is 8.55. The number of anilines is 1. The van der Waals surface area contributed by atoms with Crippen LogP contribution in [0.2, 0.25) is 0 Å². The van der Waals surface area contributed by atoms with E-state index in [1.54, 1.807) is 6.20 Å². The fourth-order valence-electron chi connectivity index (χ4n) is 4.89. The molecule has 9 heteroatoms. The summed E-state index contributed by atoms with van der Waals surface area (Å²) in [6.07, 6.45) is 10.7. The Kier molecular flexibility index (Phi) is 11.1. The molecule has 32 heavy (non-hydrogen) atoms. The number of aromatic nitrogens is 1. The molecule has 0 bridgehead atoms. The molecular weight excluding hydrogens is 414 g/mol. The Hall–Kier alpha value is -2.52. The highest BCUT2D eigenvalue weighted by atomic mass is 16.5. The van der Waals surface area contributed by atoms with Crippen LogP contribution in [0.3, 0.4) is 0 Å². The van der Waals surface area contributed by atoms with Gasteiger partial charge in [-0.25, -0.2) is 0 Å². The van der Waals surface area contributed by atoms with Gasteiger partial charge in [0, 0.05) is 19.3 Å². The molecule has 3 atom stereocenters. The van der Waals surface area contributed by atoms with E-state index >= 15 is 0 Å². The molecule has 0 aromatic carbocycles. The van der Waals surface area contributed by atoms with Gasteiger partial charge >= 0.3 is 0 Å². The Labute approximate surface area is 189 Å². The van der Waals surface area contributed by atoms with Crippen LogP contribution in [-0.4, -0.2) is 70.8 Å². The number of carbonyl (C=O) groups excluding carboxylic acids is 1. The van der Waals surface area contributed by atoms with Crippen molar-refractivity contribution < 1.29 is 29.3 Å². The molecule has 3 fully saturated rings. The standard InChI is InChI=1S/C21H31N3O2.2CH2O2/c1-15-18(8-5-10-22-15)23-21(25)19-12-17-9-11-24(14-20(17)26-19)13-16-6-3-2-4-7-16;2*2-1-3/h5,8,10,16-17,19-20H,2-4,6-7,9,11-14H2,1H3,(H,23,25);2*1H,(H,2,3)/t17-,19+,20+;;/m0../s1. The maximum absolute atomic E-state index is 12.6. The first-order valence-corrected chi connectivity index (χ1v) is 11.3. The molecule has 3 N–H and O–H groups in total. The Morgan fingerprint density at radius 2 is 1.91 bits per heavy atom. The van der Waals surface area contributed by atoms with Crippen molar-refractivity contribution in [2.45, 2.75) is 64.1 Å². The summed E-state index contributed by atoms with van der Waals surface area (Å²) in [5.74, 6) is 1.38. The van der Waals surface area contributed by atoms with Gasteiger partial charge in [0.25, 0.3) is 18.9 Å². The van der Waals surface area contributed by atoms with Gasteiger partial charge in [-0.2, -0.15) is 0 Å². The van der Waals surface area contributed by atoms with E-state index < -0.39 is 0 Å². The van der Waals surface area contributed by atoms with Gasteiger partial charge in [-0.15, -0.1) is 0 Å². The molecule has 4 rings (SSSR count). The van der Waals surface area contributed by atoms with Gasteiger partial charge in [-0.3, -0.25) is 19.4 Å². The minimum atomic E-state index is -0.320. The third-order valence-electron chi connectivity index (χ3n) is 6.43. The highest BCUT2D eigenvalue weighted by Crippen LogP contribution is 2.35. The van der Waals surface area contributed by atoms with Crippen LogP contribution < -0.4 is 5.32 Å². The molecular formula is C23H35N3O6. The molecule has 3 heterocycles. The lowest BCUT2D eigenvalue weighted by Crippen LogP contribution is -2.44. The van der Waals surface area contributed by atoms with Crippen LogP contribution in [0.25, 0.3) is 0 Å². The fourth-order valence-corrected chi connectivity index (χ4v) is 4.89. The van der Waals surface area contributed by atoms with Crippen LogP contribution in [0.4, 0.5) is 5.69 Å². The van der Waals surface area contributed by atoms with Gasteiger partial charge in [0.05, 0.1) is 17.5 Å². The first kappa shape index (κ1) is 25.7. The second-order valence-electron chi connectivity index (χ2n) is 8.55. The largest absolute Gasteiger partial charge is 0.483 e. The number of carbonyl (C=O) groups is 3. The first-order valence-electron chi connectivity index (χ1n) is 11.3. The van der Waals surface area contributed by atoms with Crippen LogP contribution in [0.15, 0.2) is 18.3 Å². The summed E-state index contributed by atoms with van der Waals surface area (Å²) in [6, 6.07) is 3.75. The summed E-state index contributed by atoms with van der Waals surface area (Å²) < 4.78 is 6.18. The predicted molar refractivity (Wildman–Crippen MR) is 119 cm³/mol. The van der Waals surface area contributed by atoms with E-state index in [-0.39, 0.29) is 31.1 Å². The zero-order valence-electron chi connectivity index (χ0n) is 18.7. The normalized spacial score (nSPS) is 25.2. The smallest absolute Gasteiger partial charge is 0.290 e. The van der Waals surface area contributed by atoms with Crippen molar-refractivity contribution in [2.75, 3.05) is 25.0 Å². The Morgan fingerprint density at radius 1 is 1.22 bits per heavy atom. The molecule has 0 unspecified atom stereocenters. The molecule has 2 aliphatic heterocycles. The molecule has 0 radical (unpaired) electrons. The van der Waals surface area contributed by atoms with E-state index in [0.29, 0.717) is 5.92 Å². The van der Waals surface area contributed by atoms with Crippen molar-refractivity contribution in [3.8, 4) is 0 Å². The van der Waals surface area contributed by atoms with Gasteiger partial charge < -0.3 is 25.2 Å². The summed E-state index contributed by atoms with van der Waals surface area (Å²) in [6.45, 7) is 4.79. The number of carboxylic acid groups (broad SMARTS) is 2. The second kappa shape index (κ2) is 13.8. The van der Waals surface area contributed by atoms with Crippen molar-refractivity contribution in [2.24, 2.45) is 11.8 Å². The fraction of sp³-hybridized carbons (Fsp3) is 0.652. The summed E-state index contributed by atoms with van der Waals surface area (Å²) >= 11 is 0. The van der Waals surface area contributed by atoms with Crippen molar-refractivity contribution in [1.82, 2.24) is 9.88 Å². The molecule has 2 saturated heterocycles. The van der Waals surface area contributed by atoms with E-state index in [4.69, 9.17) is 24.5 Å². The first-order chi connectivity index (χ1) is 15.5. The van der Waals surface area contributed by atoms with Gasteiger partial charge in [0.15, 0.2) is 0 Å². The molecule has 1 aliphatic carbocycles. The number of ether oxygens (including phenoxy) is 1. The lowest BCUT2D eigenvalue weighted by molar-refractivity contribution is -0.127. The van der Waals surface area contributed by atoms with Crippen LogP contribution in [0, 0.1) is 18.8 Å². The van der Waals surface area contributed by atoms with Crippen LogP contribution in [0.1, 0.15) is 50.6 Å². The van der Waals surface area contributed by atoms with Gasteiger partial charge in [0.1, 0.15) is 6.10 Å². The lowest BCUT2D eigenvalue weighted by atomic mass is 9.87. The zero-order valence-corrected chi connectivity index (χ0v) is 18.7. The number of aryl methyl sites for hydroxylation is 1. The predicted octanol–water partition coefficient (Wildman–Crippen LogP) is 2.79. The zero-order chi connectivity index (χ0) is 23.3. The van der Waals surface area contributed by atoms with Crippen LogP contribution in [-0.2, 0) is 19.1 Å². The van der Waals surface area contributed by atoms with Crippen molar-refractivity contribution in [3.05, 3.63) is 24.0 Å². The number of fused-ring (bicyclic) bond motifs is 1. The number of amides is 1. The van der Waals surface area contributed by atoms with E-state index in [1.807, 2.05) is 19.1 Å². The number of nitrogens with one attached hydrogen (secondary N) is 1. The Morgan fingerprint density at radius 3 is 2.56 bits per heavy atom. The van der Waals surface area contributed by atoms with E-state index in [0.717, 1.165) is 43.2 Å². The molecule has 178 valence electrons. The minimum Gasteiger partial charge on any atom is -0.483 e. The number of likely N-dealkylation sites (tertiary alicyclic amines) is 1. The Bertz CT molecular complexity index is 719. The molecule has 1 saturated carbocycles. The number of nitrogens with zero attached hydrogens (tertiary/aromatic N) is 2. The quantitative estimate of drug-likeness (QED) is 0.599. The SMILES string of the molecule is Cc1ncccc1NC(=O)[C@H]1C[C@@H]2CCN(CC3CCCCC3)C[C@H]2O1.O=CO.O=CO. The molecule has 9 nitrogen and oxygen atoms in total. The number of pyridine rings is 1. The van der Waals surface area contributed by atoms with Crippen molar-refractivity contribution in [3.63, 3.8) is 0 Å². The number of hydrogen-bond donors (Lipinski definition) is 3. The van der Waals surface area contributed by atoms with E-state index in [1.165, 1.54) is 38.6 Å². The average Bonchev–Trinajstić information content (AvgIpc) is 3.21. The van der Waals surface area contributed by atoms with Gasteiger partial charge in [-0.05, 0) is 63.1 Å².